The summed E-state index contributed by atoms with van der Waals surface area (Å²) >= 11 is 0. The van der Waals surface area contributed by atoms with E-state index in [1.165, 1.54) is 0 Å². The van der Waals surface area contributed by atoms with Crippen LogP contribution in [0.4, 0.5) is 4.79 Å². The van der Waals surface area contributed by atoms with E-state index in [0.717, 1.165) is 4.90 Å². The van der Waals surface area contributed by atoms with Gasteiger partial charge in [0.05, 0.1) is 26.2 Å². The van der Waals surface area contributed by atoms with Crippen molar-refractivity contribution in [1.82, 2.24) is 15.5 Å². The molecule has 152 valence electrons. The van der Waals surface area contributed by atoms with Crippen LogP contribution in [0.5, 0.6) is 0 Å². The number of hydrogen-bond acceptors (Lipinski definition) is 4. The summed E-state index contributed by atoms with van der Waals surface area (Å²) in [5.74, 6) is -0.898. The number of nitrogens with one attached hydrogen (secondary N) is 2. The smallest absolute Gasteiger partial charge is 0.326 e. The third-order valence-corrected chi connectivity index (χ3v) is 4.82. The normalized spacial score (nSPS) is 15.3. The fourth-order valence-corrected chi connectivity index (χ4v) is 3.40. The Balaban J connectivity index is 1.80. The molecule has 0 spiro atoms. The Kier molecular flexibility index (Phi) is 6.58. The molecular formula is C21H25N4O4+. The average Bonchev–Trinajstić information content (AvgIpc) is 3.00. The van der Waals surface area contributed by atoms with Crippen molar-refractivity contribution in [3.05, 3.63) is 71.8 Å². The van der Waals surface area contributed by atoms with E-state index in [0.29, 0.717) is 30.8 Å². The first kappa shape index (κ1) is 20.5. The highest BCUT2D eigenvalue weighted by atomic mass is 16.3. The number of urea groups is 1. The second kappa shape index (κ2) is 9.31. The monoisotopic (exact) mass is 397 g/mol. The van der Waals surface area contributed by atoms with E-state index in [4.69, 9.17) is 5.11 Å². The van der Waals surface area contributed by atoms with Gasteiger partial charge in [0, 0.05) is 0 Å². The molecule has 8 heteroatoms. The Morgan fingerprint density at radius 2 is 1.59 bits per heavy atom. The number of aliphatic hydroxyl groups excluding tert-OH is 1. The van der Waals surface area contributed by atoms with Gasteiger partial charge in [-0.25, -0.2) is 4.79 Å². The van der Waals surface area contributed by atoms with Crippen LogP contribution in [0, 0.1) is 0 Å². The number of carbonyl (C=O) groups excluding carboxylic acids is 3. The molecular weight excluding hydrogens is 372 g/mol. The van der Waals surface area contributed by atoms with Crippen LogP contribution in [0.25, 0.3) is 0 Å². The molecule has 0 saturated carbocycles. The van der Waals surface area contributed by atoms with Gasteiger partial charge in [-0.1, -0.05) is 60.7 Å². The van der Waals surface area contributed by atoms with E-state index in [9.17, 15) is 14.4 Å². The number of nitrogens with zero attached hydrogens (tertiary/aromatic N) is 1. The highest BCUT2D eigenvalue weighted by Gasteiger charge is 2.53. The van der Waals surface area contributed by atoms with Crippen LogP contribution in [0.15, 0.2) is 60.7 Å². The largest absolute Gasteiger partial charge is 0.391 e. The summed E-state index contributed by atoms with van der Waals surface area (Å²) in [6.45, 7) is 1.25. The molecule has 1 heterocycles. The molecule has 1 aliphatic rings. The Morgan fingerprint density at radius 1 is 1.00 bits per heavy atom. The highest BCUT2D eigenvalue weighted by Crippen LogP contribution is 2.35. The number of rotatable bonds is 9. The number of carbonyl (C=O) groups is 3. The summed E-state index contributed by atoms with van der Waals surface area (Å²) in [6, 6.07) is 17.4. The van der Waals surface area contributed by atoms with Crippen molar-refractivity contribution in [2.75, 3.05) is 32.8 Å². The zero-order chi connectivity index (χ0) is 20.7. The predicted octanol–water partition coefficient (Wildman–Crippen LogP) is -0.846. The van der Waals surface area contributed by atoms with Crippen molar-refractivity contribution in [2.45, 2.75) is 5.54 Å². The molecule has 8 nitrogen and oxygen atoms in total. The second-order valence-electron chi connectivity index (χ2n) is 6.74. The van der Waals surface area contributed by atoms with Gasteiger partial charge in [-0.2, -0.15) is 0 Å². The maximum atomic E-state index is 13.4. The molecule has 3 rings (SSSR count). The Morgan fingerprint density at radius 3 is 2.14 bits per heavy atom. The maximum Gasteiger partial charge on any atom is 0.326 e. The Hall–Kier alpha value is -3.23. The van der Waals surface area contributed by atoms with Crippen LogP contribution in [-0.2, 0) is 15.1 Å². The van der Waals surface area contributed by atoms with E-state index in [2.05, 4.69) is 10.6 Å². The van der Waals surface area contributed by atoms with Crippen LogP contribution >= 0.6 is 0 Å². The summed E-state index contributed by atoms with van der Waals surface area (Å²) in [6.07, 6.45) is 0. The zero-order valence-corrected chi connectivity index (χ0v) is 16.0. The molecule has 1 saturated heterocycles. The third kappa shape index (κ3) is 4.28. The minimum Gasteiger partial charge on any atom is -0.391 e. The van der Waals surface area contributed by atoms with Crippen molar-refractivity contribution < 1.29 is 24.8 Å². The van der Waals surface area contributed by atoms with Crippen LogP contribution in [0.1, 0.15) is 11.1 Å². The molecule has 0 aliphatic carbocycles. The van der Waals surface area contributed by atoms with Gasteiger partial charge in [0.2, 0.25) is 5.91 Å². The van der Waals surface area contributed by atoms with Crippen LogP contribution in [0.3, 0.4) is 0 Å². The highest BCUT2D eigenvalue weighted by molar-refractivity contribution is 6.11. The van der Waals surface area contributed by atoms with Gasteiger partial charge in [0.1, 0.15) is 6.54 Å². The molecule has 0 bridgehead atoms. The molecule has 0 atom stereocenters. The molecule has 4 amide bonds. The standard InChI is InChI=1S/C21H24N4O4/c26-14-13-22-11-12-23-18(27)15-25-19(28)21(24-20(25)29,16-7-3-1-4-8-16)17-9-5-2-6-10-17/h1-10,22,26H,11-15H2,(H,23,27)(H,24,29)/p+1. The lowest BCUT2D eigenvalue weighted by molar-refractivity contribution is -0.654. The van der Waals surface area contributed by atoms with Crippen molar-refractivity contribution >= 4 is 17.8 Å². The minimum absolute atomic E-state index is 0.0669. The molecule has 2 aromatic rings. The van der Waals surface area contributed by atoms with Crippen LogP contribution in [0.2, 0.25) is 0 Å². The first-order valence-corrected chi connectivity index (χ1v) is 9.54. The molecule has 0 radical (unpaired) electrons. The molecule has 2 aromatic carbocycles. The van der Waals surface area contributed by atoms with Crippen LogP contribution in [-0.4, -0.2) is 60.6 Å². The van der Waals surface area contributed by atoms with Gasteiger partial charge in [0.25, 0.3) is 5.91 Å². The summed E-state index contributed by atoms with van der Waals surface area (Å²) in [5, 5.41) is 16.1. The van der Waals surface area contributed by atoms with E-state index in [1.54, 1.807) is 48.5 Å². The quantitative estimate of drug-likeness (QED) is 0.326. The number of nitrogens with two attached hydrogens (primary N) is 1. The molecule has 1 fully saturated rings. The summed E-state index contributed by atoms with van der Waals surface area (Å²) in [5.41, 5.74) is -0.105. The summed E-state index contributed by atoms with van der Waals surface area (Å²) < 4.78 is 0. The fraction of sp³-hybridized carbons (Fsp3) is 0.286. The molecule has 1 aliphatic heterocycles. The SMILES string of the molecule is O=C(CN1C(=O)NC(c2ccccc2)(c2ccccc2)C1=O)NCC[NH2+]CCO. The first-order chi connectivity index (χ1) is 14.1. The van der Waals surface area contributed by atoms with E-state index in [-0.39, 0.29) is 13.2 Å². The minimum atomic E-state index is -1.37. The van der Waals surface area contributed by atoms with Crippen molar-refractivity contribution in [3.63, 3.8) is 0 Å². The van der Waals surface area contributed by atoms with Crippen molar-refractivity contribution in [2.24, 2.45) is 0 Å². The van der Waals surface area contributed by atoms with Gasteiger partial charge < -0.3 is 21.1 Å². The third-order valence-electron chi connectivity index (χ3n) is 4.82. The van der Waals surface area contributed by atoms with E-state index in [1.807, 2.05) is 17.4 Å². The zero-order valence-electron chi connectivity index (χ0n) is 16.0. The van der Waals surface area contributed by atoms with E-state index >= 15 is 0 Å². The lowest BCUT2D eigenvalue weighted by Crippen LogP contribution is -2.86. The summed E-state index contributed by atoms with van der Waals surface area (Å²) in [7, 11) is 0. The fourth-order valence-electron chi connectivity index (χ4n) is 3.40. The number of hydrogen-bond donors (Lipinski definition) is 4. The van der Waals surface area contributed by atoms with Gasteiger partial charge in [-0.05, 0) is 11.1 Å². The van der Waals surface area contributed by atoms with Crippen LogP contribution < -0.4 is 16.0 Å². The maximum absolute atomic E-state index is 13.4. The lowest BCUT2D eigenvalue weighted by Gasteiger charge is -2.27. The molecule has 29 heavy (non-hydrogen) atoms. The van der Waals surface area contributed by atoms with Gasteiger partial charge in [-0.3, -0.25) is 14.5 Å². The van der Waals surface area contributed by atoms with Gasteiger partial charge in [-0.15, -0.1) is 0 Å². The number of aliphatic hydroxyl groups is 1. The first-order valence-electron chi connectivity index (χ1n) is 9.54. The van der Waals surface area contributed by atoms with Crippen molar-refractivity contribution in [3.8, 4) is 0 Å². The summed E-state index contributed by atoms with van der Waals surface area (Å²) in [4.78, 5) is 39.3. The lowest BCUT2D eigenvalue weighted by atomic mass is 9.82. The number of benzene rings is 2. The number of imide groups is 1. The molecule has 0 unspecified atom stereocenters. The molecule has 5 N–H and O–H groups in total. The topological polar surface area (TPSA) is 115 Å². The van der Waals surface area contributed by atoms with Gasteiger partial charge >= 0.3 is 6.03 Å². The van der Waals surface area contributed by atoms with E-state index < -0.39 is 23.4 Å². The average molecular weight is 397 g/mol. The predicted molar refractivity (Wildman–Crippen MR) is 106 cm³/mol. The van der Waals surface area contributed by atoms with Crippen molar-refractivity contribution in [1.29, 1.82) is 0 Å². The second-order valence-corrected chi connectivity index (χ2v) is 6.74. The molecule has 0 aromatic heterocycles. The van der Waals surface area contributed by atoms with Gasteiger partial charge in [0.15, 0.2) is 5.54 Å². The number of amides is 4. The number of quaternary nitrogens is 1. The Labute approximate surface area is 168 Å². The Bertz CT molecular complexity index is 818.